The largest absolute Gasteiger partial charge is 0.462 e. The predicted octanol–water partition coefficient (Wildman–Crippen LogP) is 16.3. The molecule has 0 N–H and O–H groups in total. The van der Waals surface area contributed by atoms with Gasteiger partial charge in [-0.1, -0.05) is 185 Å². The highest BCUT2D eigenvalue weighted by atomic mass is 16.6. The summed E-state index contributed by atoms with van der Waals surface area (Å²) in [4.78, 5) is 37.9. The van der Waals surface area contributed by atoms with Crippen molar-refractivity contribution in [2.45, 2.75) is 258 Å². The van der Waals surface area contributed by atoms with Gasteiger partial charge in [0.25, 0.3) is 0 Å². The van der Waals surface area contributed by atoms with Crippen molar-refractivity contribution in [2.24, 2.45) is 0 Å². The van der Waals surface area contributed by atoms with Crippen LogP contribution in [0.3, 0.4) is 0 Å². The maximum absolute atomic E-state index is 12.8. The number of rotatable bonds is 45. The molecule has 1 unspecified atom stereocenters. The van der Waals surface area contributed by atoms with Gasteiger partial charge >= 0.3 is 17.9 Å². The van der Waals surface area contributed by atoms with Crippen LogP contribution >= 0.6 is 0 Å². The summed E-state index contributed by atoms with van der Waals surface area (Å²) in [7, 11) is 0. The van der Waals surface area contributed by atoms with Gasteiger partial charge in [0.2, 0.25) is 0 Å². The molecule has 0 aromatic heterocycles. The Bertz CT molecular complexity index is 1040. The maximum Gasteiger partial charge on any atom is 0.306 e. The van der Waals surface area contributed by atoms with E-state index in [1.807, 2.05) is 0 Å². The molecule has 1 atom stereocenters. The lowest BCUT2D eigenvalue weighted by molar-refractivity contribution is -0.167. The highest BCUT2D eigenvalue weighted by molar-refractivity contribution is 5.71. The van der Waals surface area contributed by atoms with E-state index >= 15 is 0 Å². The molecule has 6 heteroatoms. The second-order valence-corrected chi connectivity index (χ2v) is 16.7. The van der Waals surface area contributed by atoms with Gasteiger partial charge in [0.05, 0.1) is 0 Å². The van der Waals surface area contributed by atoms with Gasteiger partial charge in [-0.3, -0.25) is 14.4 Å². The minimum Gasteiger partial charge on any atom is -0.462 e. The highest BCUT2D eigenvalue weighted by Crippen LogP contribution is 2.14. The van der Waals surface area contributed by atoms with E-state index in [9.17, 15) is 14.4 Å². The van der Waals surface area contributed by atoms with Crippen LogP contribution in [0.15, 0.2) is 48.6 Å². The smallest absolute Gasteiger partial charge is 0.306 e. The molecule has 0 aliphatic heterocycles. The summed E-state index contributed by atoms with van der Waals surface area (Å²) in [6, 6.07) is 0. The molecule has 0 heterocycles. The van der Waals surface area contributed by atoms with Gasteiger partial charge in [-0.25, -0.2) is 0 Å². The Morgan fingerprint density at radius 2 is 0.610 bits per heavy atom. The molecule has 0 amide bonds. The first-order chi connectivity index (χ1) is 29.0. The normalized spacial score (nSPS) is 12.4. The van der Waals surface area contributed by atoms with Crippen LogP contribution in [-0.4, -0.2) is 37.2 Å². The summed E-state index contributed by atoms with van der Waals surface area (Å²) in [5, 5.41) is 0. The van der Waals surface area contributed by atoms with Gasteiger partial charge in [-0.05, 0) is 96.3 Å². The molecule has 0 fully saturated rings. The van der Waals surface area contributed by atoms with Crippen molar-refractivity contribution in [3.05, 3.63) is 48.6 Å². The molecule has 0 saturated carbocycles. The quantitative estimate of drug-likeness (QED) is 0.0200. The number of unbranched alkanes of at least 4 members (excludes halogenated alkanes) is 27. The van der Waals surface area contributed by atoms with Crippen molar-refractivity contribution < 1.29 is 28.6 Å². The molecule has 0 rings (SSSR count). The zero-order valence-corrected chi connectivity index (χ0v) is 39.0. The number of esters is 3. The average Bonchev–Trinajstić information content (AvgIpc) is 3.23. The Morgan fingerprint density at radius 1 is 0.339 bits per heavy atom. The van der Waals surface area contributed by atoms with E-state index in [2.05, 4.69) is 69.4 Å². The van der Waals surface area contributed by atoms with Crippen molar-refractivity contribution in [3.63, 3.8) is 0 Å². The Balaban J connectivity index is 4.42. The Labute approximate surface area is 365 Å². The lowest BCUT2D eigenvalue weighted by Gasteiger charge is -2.18. The third-order valence-corrected chi connectivity index (χ3v) is 10.8. The van der Waals surface area contributed by atoms with E-state index in [1.54, 1.807) is 0 Å². The van der Waals surface area contributed by atoms with Gasteiger partial charge in [0, 0.05) is 19.3 Å². The van der Waals surface area contributed by atoms with Crippen LogP contribution in [0.2, 0.25) is 0 Å². The van der Waals surface area contributed by atoms with Crippen molar-refractivity contribution in [2.75, 3.05) is 13.2 Å². The summed E-state index contributed by atoms with van der Waals surface area (Å²) in [6.07, 6.45) is 56.6. The summed E-state index contributed by atoms with van der Waals surface area (Å²) >= 11 is 0. The fourth-order valence-electron chi connectivity index (χ4n) is 6.95. The highest BCUT2D eigenvalue weighted by Gasteiger charge is 2.19. The van der Waals surface area contributed by atoms with E-state index in [1.165, 1.54) is 128 Å². The van der Waals surface area contributed by atoms with E-state index in [-0.39, 0.29) is 31.1 Å². The minimum atomic E-state index is -0.786. The molecule has 59 heavy (non-hydrogen) atoms. The van der Waals surface area contributed by atoms with Crippen molar-refractivity contribution in [1.82, 2.24) is 0 Å². The van der Waals surface area contributed by atoms with Gasteiger partial charge in [0.1, 0.15) is 13.2 Å². The molecular formula is C53H94O6. The maximum atomic E-state index is 12.8. The molecule has 342 valence electrons. The molecule has 6 nitrogen and oxygen atoms in total. The number of hydrogen-bond acceptors (Lipinski definition) is 6. The van der Waals surface area contributed by atoms with Crippen LogP contribution in [0, 0.1) is 0 Å². The summed E-state index contributed by atoms with van der Waals surface area (Å²) in [6.45, 7) is 6.55. The van der Waals surface area contributed by atoms with Crippen LogP contribution in [-0.2, 0) is 28.6 Å². The van der Waals surface area contributed by atoms with Gasteiger partial charge in [0.15, 0.2) is 6.10 Å². The molecule has 0 spiro atoms. The van der Waals surface area contributed by atoms with E-state index < -0.39 is 6.10 Å². The average molecular weight is 827 g/mol. The molecule has 0 aromatic rings. The van der Waals surface area contributed by atoms with Crippen molar-refractivity contribution in [1.29, 1.82) is 0 Å². The third-order valence-electron chi connectivity index (χ3n) is 10.8. The SMILES string of the molecule is CCCCC/C=C\C=C/CCCCCCCCC(=O)OCC(COC(=O)CCCCCCC/C=C\CCCCC)OC(=O)CCCCC/C=C\CCCCCCCCC. The van der Waals surface area contributed by atoms with E-state index in [0.29, 0.717) is 19.3 Å². The molecule has 0 radical (unpaired) electrons. The van der Waals surface area contributed by atoms with Crippen molar-refractivity contribution in [3.8, 4) is 0 Å². The molecule has 0 saturated heterocycles. The van der Waals surface area contributed by atoms with Gasteiger partial charge < -0.3 is 14.2 Å². The lowest BCUT2D eigenvalue weighted by Crippen LogP contribution is -2.30. The standard InChI is InChI=1S/C53H94O6/c1-4-7-10-13-16-19-22-25-27-29-31-34-37-40-43-46-52(55)58-49-50(48-57-51(54)45-42-39-36-33-30-24-21-18-15-12-9-6-3)59-53(56)47-44-41-38-35-32-28-26-23-20-17-14-11-8-5-2/h16,18-19,21-22,25,28,32,50H,4-15,17,20,23-24,26-27,29-31,33-49H2,1-3H3/b19-16-,21-18-,25-22-,32-28-. The molecule has 0 aliphatic carbocycles. The summed E-state index contributed by atoms with van der Waals surface area (Å²) in [5.41, 5.74) is 0. The van der Waals surface area contributed by atoms with Crippen LogP contribution in [0.5, 0.6) is 0 Å². The van der Waals surface area contributed by atoms with Gasteiger partial charge in [-0.2, -0.15) is 0 Å². The molecular weight excluding hydrogens is 733 g/mol. The predicted molar refractivity (Wildman–Crippen MR) is 252 cm³/mol. The van der Waals surface area contributed by atoms with Crippen LogP contribution in [0.25, 0.3) is 0 Å². The minimum absolute atomic E-state index is 0.0869. The summed E-state index contributed by atoms with van der Waals surface area (Å²) < 4.78 is 16.7. The Hall–Kier alpha value is -2.63. The first-order valence-electron chi connectivity index (χ1n) is 25.2. The lowest BCUT2D eigenvalue weighted by atomic mass is 10.1. The number of allylic oxidation sites excluding steroid dienone is 8. The zero-order chi connectivity index (χ0) is 43.0. The topological polar surface area (TPSA) is 78.9 Å². The van der Waals surface area contributed by atoms with Crippen molar-refractivity contribution >= 4 is 17.9 Å². The fourth-order valence-corrected chi connectivity index (χ4v) is 6.95. The monoisotopic (exact) mass is 827 g/mol. The second-order valence-electron chi connectivity index (χ2n) is 16.7. The number of hydrogen-bond donors (Lipinski definition) is 0. The molecule has 0 bridgehead atoms. The van der Waals surface area contributed by atoms with E-state index in [0.717, 1.165) is 83.5 Å². The van der Waals surface area contributed by atoms with E-state index in [4.69, 9.17) is 14.2 Å². The first-order valence-corrected chi connectivity index (χ1v) is 25.2. The Kier molecular flexibility index (Phi) is 45.9. The third kappa shape index (κ3) is 46.3. The number of ether oxygens (including phenoxy) is 3. The first kappa shape index (κ1) is 56.4. The van der Waals surface area contributed by atoms with Crippen LogP contribution in [0.4, 0.5) is 0 Å². The fraction of sp³-hybridized carbons (Fsp3) is 0.792. The number of carbonyl (C=O) groups is 3. The van der Waals surface area contributed by atoms with Crippen LogP contribution < -0.4 is 0 Å². The zero-order valence-electron chi connectivity index (χ0n) is 39.0. The molecule has 0 aliphatic rings. The Morgan fingerprint density at radius 3 is 1.00 bits per heavy atom. The number of carbonyl (C=O) groups excluding carboxylic acids is 3. The van der Waals surface area contributed by atoms with Crippen LogP contribution in [0.1, 0.15) is 252 Å². The summed E-state index contributed by atoms with van der Waals surface area (Å²) in [5.74, 6) is -0.919. The molecule has 0 aromatic carbocycles. The van der Waals surface area contributed by atoms with Gasteiger partial charge in [-0.15, -0.1) is 0 Å². The second kappa shape index (κ2) is 48.0.